The molecule has 1 fully saturated rings. The van der Waals surface area contributed by atoms with E-state index in [1.165, 1.54) is 0 Å². The van der Waals surface area contributed by atoms with Crippen LogP contribution in [0.3, 0.4) is 0 Å². The summed E-state index contributed by atoms with van der Waals surface area (Å²) < 4.78 is 53.1. The molecule has 0 saturated heterocycles. The summed E-state index contributed by atoms with van der Waals surface area (Å²) in [7, 11) is -4.08. The minimum absolute atomic E-state index is 0.101. The normalized spacial score (nSPS) is 23.2. The Balaban J connectivity index is 2.07. The van der Waals surface area contributed by atoms with Crippen molar-refractivity contribution in [2.45, 2.75) is 36.7 Å². The highest BCUT2D eigenvalue weighted by Crippen LogP contribution is 2.25. The summed E-state index contributed by atoms with van der Waals surface area (Å²) in [5, 5.41) is 9.39. The number of aliphatic hydroxyl groups excluding tert-OH is 1. The fourth-order valence-corrected chi connectivity index (χ4v) is 3.61. The molecule has 1 saturated carbocycles. The van der Waals surface area contributed by atoms with Gasteiger partial charge >= 0.3 is 0 Å². The lowest BCUT2D eigenvalue weighted by atomic mass is 9.88. The third kappa shape index (κ3) is 3.90. The van der Waals surface area contributed by atoms with Gasteiger partial charge in [0.25, 0.3) is 0 Å². The Morgan fingerprint density at radius 3 is 2.43 bits per heavy atom. The third-order valence-corrected chi connectivity index (χ3v) is 5.16. The first-order valence-corrected chi connectivity index (χ1v) is 8.20. The number of anilines is 1. The molecule has 0 aliphatic heterocycles. The van der Waals surface area contributed by atoms with Gasteiger partial charge in [-0.25, -0.2) is 21.9 Å². The molecule has 0 radical (unpaired) electrons. The summed E-state index contributed by atoms with van der Waals surface area (Å²) in [4.78, 5) is -0.655. The molecular formula is C13H18F2N2O3S. The van der Waals surface area contributed by atoms with Crippen molar-refractivity contribution in [2.75, 3.05) is 12.3 Å². The maximum atomic E-state index is 13.6. The Labute approximate surface area is 122 Å². The molecule has 0 bridgehead atoms. The SMILES string of the molecule is Nc1cc(S(=O)(=O)NCC2CCC(O)CC2)c(F)cc1F. The van der Waals surface area contributed by atoms with Crippen LogP contribution in [0.15, 0.2) is 17.0 Å². The predicted octanol–water partition coefficient (Wildman–Crippen LogP) is 1.38. The average molecular weight is 320 g/mol. The number of hydrogen-bond acceptors (Lipinski definition) is 4. The van der Waals surface area contributed by atoms with Crippen LogP contribution in [-0.2, 0) is 10.0 Å². The Morgan fingerprint density at radius 2 is 1.81 bits per heavy atom. The zero-order valence-electron chi connectivity index (χ0n) is 11.4. The monoisotopic (exact) mass is 320 g/mol. The Hall–Kier alpha value is -1.25. The van der Waals surface area contributed by atoms with Crippen LogP contribution in [0.2, 0.25) is 0 Å². The zero-order chi connectivity index (χ0) is 15.6. The van der Waals surface area contributed by atoms with Crippen molar-refractivity contribution in [2.24, 2.45) is 5.92 Å². The van der Waals surface area contributed by atoms with Crippen LogP contribution in [-0.4, -0.2) is 26.2 Å². The third-order valence-electron chi connectivity index (χ3n) is 3.72. The second kappa shape index (κ2) is 6.25. The van der Waals surface area contributed by atoms with Gasteiger partial charge in [0.1, 0.15) is 16.5 Å². The second-order valence-electron chi connectivity index (χ2n) is 5.33. The van der Waals surface area contributed by atoms with Gasteiger partial charge in [0, 0.05) is 12.6 Å². The molecule has 1 aromatic rings. The standard InChI is InChI=1S/C13H18F2N2O3S/c14-10-5-11(15)13(6-12(10)16)21(19,20)17-7-8-1-3-9(18)4-2-8/h5-6,8-9,17-18H,1-4,7,16H2. The molecule has 0 aromatic heterocycles. The number of sulfonamides is 1. The number of rotatable bonds is 4. The molecule has 2 rings (SSSR count). The maximum absolute atomic E-state index is 13.6. The van der Waals surface area contributed by atoms with Gasteiger partial charge < -0.3 is 10.8 Å². The lowest BCUT2D eigenvalue weighted by Gasteiger charge is -2.25. The van der Waals surface area contributed by atoms with Crippen LogP contribution in [0.1, 0.15) is 25.7 Å². The van der Waals surface area contributed by atoms with E-state index in [9.17, 15) is 22.3 Å². The number of aliphatic hydroxyl groups is 1. The highest BCUT2D eigenvalue weighted by Gasteiger charge is 2.24. The van der Waals surface area contributed by atoms with E-state index >= 15 is 0 Å². The molecule has 118 valence electrons. The first-order valence-electron chi connectivity index (χ1n) is 6.72. The van der Waals surface area contributed by atoms with E-state index in [0.29, 0.717) is 31.7 Å². The summed E-state index contributed by atoms with van der Waals surface area (Å²) in [6.07, 6.45) is 2.34. The summed E-state index contributed by atoms with van der Waals surface area (Å²) in [6, 6.07) is 1.23. The van der Waals surface area contributed by atoms with Crippen LogP contribution in [0.25, 0.3) is 0 Å². The van der Waals surface area contributed by atoms with Crippen LogP contribution < -0.4 is 10.5 Å². The van der Waals surface area contributed by atoms with Crippen molar-refractivity contribution in [3.05, 3.63) is 23.8 Å². The number of nitrogen functional groups attached to an aromatic ring is 1. The average Bonchev–Trinajstić information content (AvgIpc) is 2.42. The fourth-order valence-electron chi connectivity index (χ4n) is 2.41. The summed E-state index contributed by atoms with van der Waals surface area (Å²) in [5.41, 5.74) is 4.86. The molecule has 0 heterocycles. The predicted molar refractivity (Wildman–Crippen MR) is 73.9 cm³/mol. The van der Waals surface area contributed by atoms with E-state index < -0.39 is 32.2 Å². The van der Waals surface area contributed by atoms with Gasteiger partial charge in [-0.05, 0) is 37.7 Å². The molecule has 5 nitrogen and oxygen atoms in total. The highest BCUT2D eigenvalue weighted by molar-refractivity contribution is 7.89. The molecule has 1 aromatic carbocycles. The minimum atomic E-state index is -4.08. The van der Waals surface area contributed by atoms with Gasteiger partial charge in [0.2, 0.25) is 10.0 Å². The van der Waals surface area contributed by atoms with Gasteiger partial charge in [0.15, 0.2) is 0 Å². The molecule has 0 unspecified atom stereocenters. The lowest BCUT2D eigenvalue weighted by molar-refractivity contribution is 0.109. The highest BCUT2D eigenvalue weighted by atomic mass is 32.2. The van der Waals surface area contributed by atoms with Crippen molar-refractivity contribution in [1.29, 1.82) is 0 Å². The van der Waals surface area contributed by atoms with Crippen molar-refractivity contribution >= 4 is 15.7 Å². The lowest BCUT2D eigenvalue weighted by Crippen LogP contribution is -2.32. The van der Waals surface area contributed by atoms with E-state index in [1.54, 1.807) is 0 Å². The molecule has 8 heteroatoms. The van der Waals surface area contributed by atoms with Gasteiger partial charge in [0.05, 0.1) is 11.8 Å². The quantitative estimate of drug-likeness (QED) is 0.731. The van der Waals surface area contributed by atoms with Crippen molar-refractivity contribution < 1.29 is 22.3 Å². The molecular weight excluding hydrogens is 302 g/mol. The van der Waals surface area contributed by atoms with Crippen LogP contribution in [0.5, 0.6) is 0 Å². The fraction of sp³-hybridized carbons (Fsp3) is 0.538. The molecule has 4 N–H and O–H groups in total. The minimum Gasteiger partial charge on any atom is -0.396 e. The topological polar surface area (TPSA) is 92.4 Å². The van der Waals surface area contributed by atoms with Gasteiger partial charge in [-0.2, -0.15) is 0 Å². The number of halogens is 2. The molecule has 21 heavy (non-hydrogen) atoms. The Morgan fingerprint density at radius 1 is 1.19 bits per heavy atom. The van der Waals surface area contributed by atoms with Gasteiger partial charge in [-0.3, -0.25) is 0 Å². The Kier molecular flexibility index (Phi) is 4.80. The van der Waals surface area contributed by atoms with E-state index in [-0.39, 0.29) is 18.6 Å². The van der Waals surface area contributed by atoms with E-state index in [2.05, 4.69) is 4.72 Å². The van der Waals surface area contributed by atoms with Crippen LogP contribution in [0, 0.1) is 17.6 Å². The zero-order valence-corrected chi connectivity index (χ0v) is 12.2. The van der Waals surface area contributed by atoms with Gasteiger partial charge in [-0.15, -0.1) is 0 Å². The molecule has 0 atom stereocenters. The molecule has 1 aliphatic rings. The summed E-state index contributed by atoms with van der Waals surface area (Å²) in [6.45, 7) is 0.159. The molecule has 0 spiro atoms. The van der Waals surface area contributed by atoms with Crippen LogP contribution >= 0.6 is 0 Å². The van der Waals surface area contributed by atoms with Crippen LogP contribution in [0.4, 0.5) is 14.5 Å². The number of nitrogens with one attached hydrogen (secondary N) is 1. The van der Waals surface area contributed by atoms with E-state index in [4.69, 9.17) is 5.73 Å². The summed E-state index contributed by atoms with van der Waals surface area (Å²) in [5.74, 6) is -2.06. The van der Waals surface area contributed by atoms with Gasteiger partial charge in [-0.1, -0.05) is 0 Å². The summed E-state index contributed by atoms with van der Waals surface area (Å²) >= 11 is 0. The first kappa shape index (κ1) is 16.1. The molecule has 0 amide bonds. The first-order chi connectivity index (χ1) is 9.79. The van der Waals surface area contributed by atoms with E-state index in [1.807, 2.05) is 0 Å². The number of hydrogen-bond donors (Lipinski definition) is 3. The Bertz CT molecular complexity index is 614. The van der Waals surface area contributed by atoms with Crippen molar-refractivity contribution in [3.8, 4) is 0 Å². The molecule has 1 aliphatic carbocycles. The second-order valence-corrected chi connectivity index (χ2v) is 7.07. The largest absolute Gasteiger partial charge is 0.396 e. The maximum Gasteiger partial charge on any atom is 0.243 e. The van der Waals surface area contributed by atoms with Crippen molar-refractivity contribution in [3.63, 3.8) is 0 Å². The number of benzene rings is 1. The van der Waals surface area contributed by atoms with Crippen molar-refractivity contribution in [1.82, 2.24) is 4.72 Å². The number of nitrogens with two attached hydrogens (primary N) is 1. The smallest absolute Gasteiger partial charge is 0.243 e. The van der Waals surface area contributed by atoms with E-state index in [0.717, 1.165) is 6.07 Å².